The molecule has 1 N–H and O–H groups in total. The largest absolute Gasteiger partial charge is 0.507 e. The van der Waals surface area contributed by atoms with E-state index in [0.717, 1.165) is 11.1 Å². The van der Waals surface area contributed by atoms with Gasteiger partial charge in [0.05, 0.1) is 0 Å². The highest BCUT2D eigenvalue weighted by molar-refractivity contribution is 5.89. The lowest BCUT2D eigenvalue weighted by molar-refractivity contribution is 0.452. The molecule has 0 aromatic rings. The van der Waals surface area contributed by atoms with Crippen LogP contribution in [0.5, 0.6) is 5.75 Å². The molecule has 1 heteroatoms. The first-order valence-electron chi connectivity index (χ1n) is 3.88. The van der Waals surface area contributed by atoms with E-state index in [-0.39, 0.29) is 5.41 Å². The molecule has 0 unspecified atom stereocenters. The monoisotopic (exact) mass is 148 g/mol. The molecular formula is C10H12O. The number of benzene rings is 1. The summed E-state index contributed by atoms with van der Waals surface area (Å²) in [6.07, 6.45) is 0. The molecule has 11 heavy (non-hydrogen) atoms. The molecule has 2 aliphatic carbocycles. The Morgan fingerprint density at radius 2 is 1.82 bits per heavy atom. The second kappa shape index (κ2) is 1.60. The van der Waals surface area contributed by atoms with Crippen molar-refractivity contribution in [2.75, 3.05) is 0 Å². The topological polar surface area (TPSA) is 20.2 Å². The molecule has 0 atom stereocenters. The average molecular weight is 148 g/mol. The lowest BCUT2D eigenvalue weighted by Crippen LogP contribution is -2.09. The highest BCUT2D eigenvalue weighted by Gasteiger charge is 2.28. The smallest absolute Gasteiger partial charge is 0.127 e. The highest BCUT2D eigenvalue weighted by atomic mass is 16.3. The number of aromatic hydroxyl groups is 1. The van der Waals surface area contributed by atoms with E-state index in [2.05, 4.69) is 26.8 Å². The van der Waals surface area contributed by atoms with Gasteiger partial charge < -0.3 is 5.11 Å². The first kappa shape index (κ1) is 6.71. The van der Waals surface area contributed by atoms with Crippen LogP contribution in [-0.2, 0) is 5.41 Å². The molecule has 2 aliphatic rings. The summed E-state index contributed by atoms with van der Waals surface area (Å²) in [6, 6.07) is 4.08. The molecule has 0 bridgehead atoms. The van der Waals surface area contributed by atoms with Crippen LogP contribution in [0, 0.1) is 0 Å². The van der Waals surface area contributed by atoms with Crippen molar-refractivity contribution in [2.45, 2.75) is 26.2 Å². The molecule has 0 saturated carbocycles. The Kier molecular flexibility index (Phi) is 0.979. The Morgan fingerprint density at radius 3 is 2.09 bits per heavy atom. The second-order valence-electron chi connectivity index (χ2n) is 4.17. The Bertz CT molecular complexity index is 318. The molecule has 0 heterocycles. The molecule has 0 amide bonds. The van der Waals surface area contributed by atoms with Crippen molar-refractivity contribution >= 4 is 0 Å². The molecule has 1 nitrogen and oxygen atoms in total. The van der Waals surface area contributed by atoms with Gasteiger partial charge in [-0.15, -0.1) is 0 Å². The van der Waals surface area contributed by atoms with Crippen LogP contribution in [0.4, 0.5) is 0 Å². The summed E-state index contributed by atoms with van der Waals surface area (Å²) in [7, 11) is 0. The minimum absolute atomic E-state index is 0.0747. The van der Waals surface area contributed by atoms with Crippen LogP contribution in [-0.4, -0.2) is 5.11 Å². The molecule has 0 aliphatic heterocycles. The normalized spacial score (nSPS) is 13.4. The predicted octanol–water partition coefficient (Wildman–Crippen LogP) is 2.67. The lowest BCUT2D eigenvalue weighted by Gasteiger charge is -2.17. The third-order valence-electron chi connectivity index (χ3n) is 2.15. The number of phenols is 1. The highest BCUT2D eigenvalue weighted by Crippen LogP contribution is 2.49. The summed E-state index contributed by atoms with van der Waals surface area (Å²) in [4.78, 5) is 0. The maximum atomic E-state index is 9.59. The average Bonchev–Trinajstić information content (AvgIpc) is 2.52. The molecule has 0 spiro atoms. The standard InChI is InChI=1S/C10H12O/c1-10(2,3)8-5-6-4-7(6)9(8)11/h4-5,11H,1-3H3. The van der Waals surface area contributed by atoms with Gasteiger partial charge in [0.25, 0.3) is 0 Å². The minimum Gasteiger partial charge on any atom is -0.507 e. The van der Waals surface area contributed by atoms with Crippen molar-refractivity contribution in [1.82, 2.24) is 0 Å². The van der Waals surface area contributed by atoms with E-state index in [4.69, 9.17) is 0 Å². The van der Waals surface area contributed by atoms with Gasteiger partial charge in [0.2, 0.25) is 0 Å². The van der Waals surface area contributed by atoms with Crippen LogP contribution in [0.25, 0.3) is 11.1 Å². The number of rotatable bonds is 0. The second-order valence-corrected chi connectivity index (χ2v) is 4.17. The summed E-state index contributed by atoms with van der Waals surface area (Å²) in [5, 5.41) is 9.59. The van der Waals surface area contributed by atoms with Crippen molar-refractivity contribution in [1.29, 1.82) is 0 Å². The fourth-order valence-electron chi connectivity index (χ4n) is 1.38. The lowest BCUT2D eigenvalue weighted by atomic mass is 9.88. The molecule has 0 aromatic heterocycles. The van der Waals surface area contributed by atoms with Gasteiger partial charge in [0, 0.05) is 11.1 Å². The van der Waals surface area contributed by atoms with Crippen molar-refractivity contribution in [3.63, 3.8) is 0 Å². The van der Waals surface area contributed by atoms with Crippen LogP contribution < -0.4 is 0 Å². The van der Waals surface area contributed by atoms with Crippen LogP contribution in [0.2, 0.25) is 0 Å². The van der Waals surface area contributed by atoms with Crippen LogP contribution in [0.3, 0.4) is 0 Å². The number of phenolic OH excluding ortho intramolecular Hbond substituents is 1. The summed E-state index contributed by atoms with van der Waals surface area (Å²) in [5.74, 6) is 0.493. The summed E-state index contributed by atoms with van der Waals surface area (Å²) in [5.41, 5.74) is 3.41. The van der Waals surface area contributed by atoms with Gasteiger partial charge in [-0.2, -0.15) is 0 Å². The molecule has 0 saturated heterocycles. The quantitative estimate of drug-likeness (QED) is 0.609. The zero-order chi connectivity index (χ0) is 8.22. The third kappa shape index (κ3) is 0.839. The number of hydrogen-bond acceptors (Lipinski definition) is 1. The molecule has 0 fully saturated rings. The van der Waals surface area contributed by atoms with E-state index >= 15 is 0 Å². The van der Waals surface area contributed by atoms with Crippen molar-refractivity contribution < 1.29 is 5.11 Å². The van der Waals surface area contributed by atoms with Gasteiger partial charge in [-0.1, -0.05) is 20.8 Å². The van der Waals surface area contributed by atoms with E-state index in [0.29, 0.717) is 5.75 Å². The molecule has 0 aromatic carbocycles. The maximum Gasteiger partial charge on any atom is 0.127 e. The number of hydrogen-bond donors (Lipinski definition) is 1. The maximum absolute atomic E-state index is 9.59. The SMILES string of the molecule is CC(C)(C)c1cc2cc-2c1O. The summed E-state index contributed by atoms with van der Waals surface area (Å²) in [6.45, 7) is 6.34. The van der Waals surface area contributed by atoms with Crippen LogP contribution in [0.15, 0.2) is 12.1 Å². The Labute approximate surface area is 66.7 Å². The van der Waals surface area contributed by atoms with E-state index < -0.39 is 0 Å². The first-order valence-corrected chi connectivity index (χ1v) is 3.88. The molecule has 2 rings (SSSR count). The first-order chi connectivity index (χ1) is 5.00. The van der Waals surface area contributed by atoms with E-state index in [1.165, 1.54) is 5.56 Å². The van der Waals surface area contributed by atoms with E-state index in [9.17, 15) is 5.11 Å². The molecular weight excluding hydrogens is 136 g/mol. The molecule has 58 valence electrons. The van der Waals surface area contributed by atoms with Gasteiger partial charge >= 0.3 is 0 Å². The van der Waals surface area contributed by atoms with Gasteiger partial charge in [-0.3, -0.25) is 0 Å². The Balaban J connectivity index is 2.51. The van der Waals surface area contributed by atoms with Crippen LogP contribution >= 0.6 is 0 Å². The summed E-state index contributed by atoms with van der Waals surface area (Å²) < 4.78 is 0. The number of fused-ring (bicyclic) bond motifs is 1. The van der Waals surface area contributed by atoms with Crippen LogP contribution in [0.1, 0.15) is 26.3 Å². The Morgan fingerprint density at radius 1 is 1.18 bits per heavy atom. The van der Waals surface area contributed by atoms with Gasteiger partial charge in [-0.25, -0.2) is 0 Å². The van der Waals surface area contributed by atoms with Crippen molar-refractivity contribution in [2.24, 2.45) is 0 Å². The molecule has 0 radical (unpaired) electrons. The van der Waals surface area contributed by atoms with E-state index in [1.807, 2.05) is 6.07 Å². The zero-order valence-electron chi connectivity index (χ0n) is 7.10. The van der Waals surface area contributed by atoms with Gasteiger partial charge in [-0.05, 0) is 23.1 Å². The van der Waals surface area contributed by atoms with Gasteiger partial charge in [0.15, 0.2) is 0 Å². The van der Waals surface area contributed by atoms with E-state index in [1.54, 1.807) is 0 Å². The zero-order valence-corrected chi connectivity index (χ0v) is 7.10. The van der Waals surface area contributed by atoms with Crippen molar-refractivity contribution in [3.8, 4) is 16.9 Å². The fourth-order valence-corrected chi connectivity index (χ4v) is 1.38. The summed E-state index contributed by atoms with van der Waals surface area (Å²) >= 11 is 0. The predicted molar refractivity (Wildman–Crippen MR) is 45.8 cm³/mol. The fraction of sp³-hybridized carbons (Fsp3) is 0.400. The van der Waals surface area contributed by atoms with Gasteiger partial charge in [0.1, 0.15) is 5.75 Å². The van der Waals surface area contributed by atoms with Crippen molar-refractivity contribution in [3.05, 3.63) is 17.7 Å². The minimum atomic E-state index is 0.0747. The third-order valence-corrected chi connectivity index (χ3v) is 2.15. The Hall–Kier alpha value is -0.980.